The Balaban J connectivity index is 2.90. The average molecular weight is 188 g/mol. The quantitative estimate of drug-likeness (QED) is 0.662. The number of hydrogen-bond acceptors (Lipinski definition) is 1. The summed E-state index contributed by atoms with van der Waals surface area (Å²) >= 11 is 0. The summed E-state index contributed by atoms with van der Waals surface area (Å²) in [4.78, 5) is 0. The summed E-state index contributed by atoms with van der Waals surface area (Å²) in [6, 6.07) is 7.95. The molecule has 0 unspecified atom stereocenters. The van der Waals surface area contributed by atoms with Crippen LogP contribution in [0.3, 0.4) is 0 Å². The van der Waals surface area contributed by atoms with Crippen LogP contribution in [0.1, 0.15) is 26.3 Å². The van der Waals surface area contributed by atoms with E-state index in [9.17, 15) is 0 Å². The van der Waals surface area contributed by atoms with Crippen LogP contribution in [0.15, 0.2) is 24.3 Å². The molecule has 0 N–H and O–H groups in total. The molecule has 0 radical (unpaired) electrons. The van der Waals surface area contributed by atoms with Crippen molar-refractivity contribution < 1.29 is 4.74 Å². The van der Waals surface area contributed by atoms with Crippen LogP contribution < -0.4 is 4.74 Å². The molecule has 1 rings (SSSR count). The van der Waals surface area contributed by atoms with Gasteiger partial charge in [-0.05, 0) is 38.5 Å². The zero-order valence-corrected chi connectivity index (χ0v) is 9.00. The Bertz CT molecular complexity index is 327. The molecule has 0 aliphatic heterocycles. The largest absolute Gasteiger partial charge is 0.494 e. The van der Waals surface area contributed by atoms with Gasteiger partial charge in [0.2, 0.25) is 0 Å². The van der Waals surface area contributed by atoms with Gasteiger partial charge in [-0.2, -0.15) is 0 Å². The van der Waals surface area contributed by atoms with Crippen LogP contribution in [0.25, 0.3) is 0 Å². The number of terminal acetylenes is 1. The van der Waals surface area contributed by atoms with E-state index in [0.717, 1.165) is 11.3 Å². The van der Waals surface area contributed by atoms with Crippen LogP contribution in [0.5, 0.6) is 5.75 Å². The van der Waals surface area contributed by atoms with E-state index in [1.54, 1.807) is 0 Å². The Labute approximate surface area is 86.1 Å². The second kappa shape index (κ2) is 4.19. The highest BCUT2D eigenvalue weighted by atomic mass is 16.5. The summed E-state index contributed by atoms with van der Waals surface area (Å²) in [5.41, 5.74) is 0.938. The molecule has 0 aliphatic carbocycles. The van der Waals surface area contributed by atoms with Gasteiger partial charge < -0.3 is 4.74 Å². The van der Waals surface area contributed by atoms with Crippen molar-refractivity contribution in [2.24, 2.45) is 0 Å². The van der Waals surface area contributed by atoms with Crippen LogP contribution in [-0.2, 0) is 5.41 Å². The minimum Gasteiger partial charge on any atom is -0.494 e. The van der Waals surface area contributed by atoms with Gasteiger partial charge in [-0.15, -0.1) is 6.42 Å². The summed E-state index contributed by atoms with van der Waals surface area (Å²) in [5, 5.41) is 0. The lowest BCUT2D eigenvalue weighted by atomic mass is 9.86. The Hall–Kier alpha value is -1.42. The van der Waals surface area contributed by atoms with Gasteiger partial charge in [0.25, 0.3) is 0 Å². The third kappa shape index (κ3) is 2.29. The molecule has 0 fully saturated rings. The van der Waals surface area contributed by atoms with Gasteiger partial charge in [0, 0.05) is 0 Å². The fourth-order valence-corrected chi connectivity index (χ4v) is 1.22. The van der Waals surface area contributed by atoms with Crippen molar-refractivity contribution in [2.75, 3.05) is 6.61 Å². The van der Waals surface area contributed by atoms with Crippen molar-refractivity contribution in [3.63, 3.8) is 0 Å². The van der Waals surface area contributed by atoms with Crippen LogP contribution in [0.2, 0.25) is 0 Å². The van der Waals surface area contributed by atoms with Crippen molar-refractivity contribution in [3.8, 4) is 18.1 Å². The molecule has 0 atom stereocenters. The second-order valence-electron chi connectivity index (χ2n) is 3.73. The highest BCUT2D eigenvalue weighted by Crippen LogP contribution is 2.24. The summed E-state index contributed by atoms with van der Waals surface area (Å²) in [6.45, 7) is 6.72. The van der Waals surface area contributed by atoms with E-state index in [1.807, 2.05) is 45.0 Å². The molecule has 0 saturated heterocycles. The number of rotatable bonds is 3. The molecular formula is C13H16O. The van der Waals surface area contributed by atoms with Crippen LogP contribution >= 0.6 is 0 Å². The van der Waals surface area contributed by atoms with E-state index in [-0.39, 0.29) is 5.41 Å². The highest BCUT2D eigenvalue weighted by molar-refractivity contribution is 5.36. The maximum absolute atomic E-state index is 5.45. The molecule has 1 aromatic rings. The predicted molar refractivity (Wildman–Crippen MR) is 59.5 cm³/mol. The topological polar surface area (TPSA) is 9.23 Å². The Morgan fingerprint density at radius 2 is 1.86 bits per heavy atom. The molecule has 0 aliphatic rings. The van der Waals surface area contributed by atoms with E-state index in [2.05, 4.69) is 5.92 Å². The summed E-state index contributed by atoms with van der Waals surface area (Å²) < 4.78 is 5.36. The van der Waals surface area contributed by atoms with Gasteiger partial charge in [-0.25, -0.2) is 0 Å². The molecule has 0 bridgehead atoms. The van der Waals surface area contributed by atoms with Crippen LogP contribution in [-0.4, -0.2) is 6.61 Å². The molecule has 14 heavy (non-hydrogen) atoms. The third-order valence-electron chi connectivity index (χ3n) is 2.25. The molecule has 1 aromatic carbocycles. The van der Waals surface area contributed by atoms with E-state index in [0.29, 0.717) is 6.61 Å². The molecule has 1 heteroatoms. The molecule has 0 saturated carbocycles. The lowest BCUT2D eigenvalue weighted by Gasteiger charge is -2.18. The molecule has 1 nitrogen and oxygen atoms in total. The van der Waals surface area contributed by atoms with Crippen molar-refractivity contribution in [1.82, 2.24) is 0 Å². The first kappa shape index (κ1) is 10.7. The van der Waals surface area contributed by atoms with Crippen molar-refractivity contribution in [2.45, 2.75) is 26.2 Å². The average Bonchev–Trinajstić information content (AvgIpc) is 2.19. The summed E-state index contributed by atoms with van der Waals surface area (Å²) in [6.07, 6.45) is 5.45. The highest BCUT2D eigenvalue weighted by Gasteiger charge is 2.16. The lowest BCUT2D eigenvalue weighted by molar-refractivity contribution is 0.340. The number of hydrogen-bond donors (Lipinski definition) is 0. The van der Waals surface area contributed by atoms with E-state index in [4.69, 9.17) is 11.2 Å². The maximum atomic E-state index is 5.45. The van der Waals surface area contributed by atoms with Gasteiger partial charge in [-0.3, -0.25) is 0 Å². The Morgan fingerprint density at radius 1 is 1.29 bits per heavy atom. The molecular weight excluding hydrogens is 172 g/mol. The van der Waals surface area contributed by atoms with Crippen molar-refractivity contribution in [1.29, 1.82) is 0 Å². The second-order valence-corrected chi connectivity index (χ2v) is 3.73. The Kier molecular flexibility index (Phi) is 3.19. The zero-order valence-electron chi connectivity index (χ0n) is 9.00. The summed E-state index contributed by atoms with van der Waals surface area (Å²) in [7, 11) is 0. The molecule has 0 amide bonds. The standard InChI is InChI=1S/C13H16O/c1-5-13(3,4)11-7-9-12(10-8-11)14-6-2/h1,7-10H,6H2,2-4H3. The van der Waals surface area contributed by atoms with Gasteiger partial charge in [-0.1, -0.05) is 18.1 Å². The lowest BCUT2D eigenvalue weighted by Crippen LogP contribution is -2.13. The Morgan fingerprint density at radius 3 is 2.29 bits per heavy atom. The van der Waals surface area contributed by atoms with E-state index in [1.165, 1.54) is 0 Å². The summed E-state index contributed by atoms with van der Waals surface area (Å²) in [5.74, 6) is 3.66. The molecule has 74 valence electrons. The first-order chi connectivity index (χ1) is 6.60. The normalized spacial score (nSPS) is 10.7. The first-order valence-corrected chi connectivity index (χ1v) is 4.81. The van der Waals surface area contributed by atoms with Gasteiger partial charge >= 0.3 is 0 Å². The maximum Gasteiger partial charge on any atom is 0.119 e. The smallest absolute Gasteiger partial charge is 0.119 e. The van der Waals surface area contributed by atoms with Crippen molar-refractivity contribution in [3.05, 3.63) is 29.8 Å². The van der Waals surface area contributed by atoms with Gasteiger partial charge in [0.15, 0.2) is 0 Å². The predicted octanol–water partition coefficient (Wildman–Crippen LogP) is 3.00. The monoisotopic (exact) mass is 188 g/mol. The fraction of sp³-hybridized carbons (Fsp3) is 0.385. The first-order valence-electron chi connectivity index (χ1n) is 4.81. The van der Waals surface area contributed by atoms with E-state index >= 15 is 0 Å². The fourth-order valence-electron chi connectivity index (χ4n) is 1.22. The molecule has 0 heterocycles. The molecule has 0 spiro atoms. The SMILES string of the molecule is C#CC(C)(C)c1ccc(OCC)cc1. The van der Waals surface area contributed by atoms with Gasteiger partial charge in [0.05, 0.1) is 12.0 Å². The minimum absolute atomic E-state index is 0.204. The van der Waals surface area contributed by atoms with Crippen LogP contribution in [0, 0.1) is 12.3 Å². The van der Waals surface area contributed by atoms with Crippen LogP contribution in [0.4, 0.5) is 0 Å². The number of benzene rings is 1. The molecule has 0 aromatic heterocycles. The zero-order chi connectivity index (χ0) is 10.6. The van der Waals surface area contributed by atoms with Gasteiger partial charge in [0.1, 0.15) is 5.75 Å². The minimum atomic E-state index is -0.204. The van der Waals surface area contributed by atoms with E-state index < -0.39 is 0 Å². The van der Waals surface area contributed by atoms with Crippen molar-refractivity contribution >= 4 is 0 Å². The number of ether oxygens (including phenoxy) is 1. The third-order valence-corrected chi connectivity index (χ3v) is 2.25.